The van der Waals surface area contributed by atoms with Gasteiger partial charge in [0, 0.05) is 45.9 Å². The van der Waals surface area contributed by atoms with Gasteiger partial charge in [-0.05, 0) is 19.8 Å². The molecule has 9 heteroatoms. The number of carbonyl (C=O) groups is 1. The summed E-state index contributed by atoms with van der Waals surface area (Å²) in [6.45, 7) is 7.74. The molecule has 0 aromatic carbocycles. The first-order valence-electron chi connectivity index (χ1n) is 8.69. The lowest BCUT2D eigenvalue weighted by molar-refractivity contribution is -0.119. The van der Waals surface area contributed by atoms with Crippen molar-refractivity contribution >= 4 is 35.8 Å². The molecule has 148 valence electrons. The van der Waals surface area contributed by atoms with Crippen LogP contribution in [0.2, 0.25) is 0 Å². The number of rotatable bonds is 12. The minimum absolute atomic E-state index is 0. The number of halogens is 1. The van der Waals surface area contributed by atoms with Crippen LogP contribution in [0.5, 0.6) is 0 Å². The highest BCUT2D eigenvalue weighted by Crippen LogP contribution is 2.12. The zero-order valence-corrected chi connectivity index (χ0v) is 17.7. The van der Waals surface area contributed by atoms with Crippen LogP contribution in [0.3, 0.4) is 0 Å². The van der Waals surface area contributed by atoms with Crippen LogP contribution in [-0.2, 0) is 19.0 Å². The van der Waals surface area contributed by atoms with E-state index in [0.29, 0.717) is 31.6 Å². The summed E-state index contributed by atoms with van der Waals surface area (Å²) >= 11 is 0. The van der Waals surface area contributed by atoms with Gasteiger partial charge in [-0.25, -0.2) is 4.99 Å². The maximum Gasteiger partial charge on any atom is 0.241 e. The first kappa shape index (κ1) is 24.4. The Hall–Kier alpha value is -0.650. The molecule has 8 nitrogen and oxygen atoms in total. The third kappa shape index (κ3) is 13.2. The summed E-state index contributed by atoms with van der Waals surface area (Å²) in [7, 11) is 1.60. The summed E-state index contributed by atoms with van der Waals surface area (Å²) in [5.41, 5.74) is 0. The molecule has 1 saturated heterocycles. The fourth-order valence-electron chi connectivity index (χ4n) is 2.19. The summed E-state index contributed by atoms with van der Waals surface area (Å²) in [6.07, 6.45) is 1.99. The SMILES string of the molecule is CCNC(=NCC(=O)NCCOC)NCCCOCC1CCOC1.I. The zero-order valence-electron chi connectivity index (χ0n) is 15.3. The van der Waals surface area contributed by atoms with E-state index in [9.17, 15) is 4.79 Å². The maximum atomic E-state index is 11.6. The Morgan fingerprint density at radius 2 is 2.08 bits per heavy atom. The van der Waals surface area contributed by atoms with E-state index in [1.54, 1.807) is 7.11 Å². The smallest absolute Gasteiger partial charge is 0.241 e. The Balaban J connectivity index is 0.00000576. The molecule has 0 aromatic rings. The van der Waals surface area contributed by atoms with Crippen LogP contribution in [0.4, 0.5) is 0 Å². The van der Waals surface area contributed by atoms with Crippen LogP contribution >= 0.6 is 24.0 Å². The molecule has 1 atom stereocenters. The Morgan fingerprint density at radius 3 is 2.76 bits per heavy atom. The second-order valence-electron chi connectivity index (χ2n) is 5.62. The lowest BCUT2D eigenvalue weighted by Gasteiger charge is -2.12. The van der Waals surface area contributed by atoms with Gasteiger partial charge in [-0.3, -0.25) is 4.79 Å². The van der Waals surface area contributed by atoms with E-state index in [2.05, 4.69) is 20.9 Å². The molecule has 1 aliphatic heterocycles. The van der Waals surface area contributed by atoms with Crippen molar-refractivity contribution in [1.82, 2.24) is 16.0 Å². The van der Waals surface area contributed by atoms with Crippen molar-refractivity contribution in [2.24, 2.45) is 10.9 Å². The molecule has 25 heavy (non-hydrogen) atoms. The van der Waals surface area contributed by atoms with Gasteiger partial charge in [0.15, 0.2) is 5.96 Å². The van der Waals surface area contributed by atoms with Gasteiger partial charge in [0.2, 0.25) is 5.91 Å². The molecule has 1 heterocycles. The van der Waals surface area contributed by atoms with Gasteiger partial charge < -0.3 is 30.2 Å². The predicted molar refractivity (Wildman–Crippen MR) is 109 cm³/mol. The number of guanidine groups is 1. The second kappa shape index (κ2) is 16.8. The second-order valence-corrected chi connectivity index (χ2v) is 5.62. The number of nitrogens with one attached hydrogen (secondary N) is 3. The molecule has 0 aromatic heterocycles. The Bertz CT molecular complexity index is 366. The average molecular weight is 472 g/mol. The fraction of sp³-hybridized carbons (Fsp3) is 0.875. The van der Waals surface area contributed by atoms with Crippen molar-refractivity contribution in [2.75, 3.05) is 66.3 Å². The molecule has 1 rings (SSSR count). The number of hydrogen-bond acceptors (Lipinski definition) is 5. The minimum Gasteiger partial charge on any atom is -0.383 e. The Labute approximate surface area is 167 Å². The van der Waals surface area contributed by atoms with E-state index >= 15 is 0 Å². The van der Waals surface area contributed by atoms with Gasteiger partial charge in [-0.15, -0.1) is 24.0 Å². The average Bonchev–Trinajstić information content (AvgIpc) is 3.09. The monoisotopic (exact) mass is 472 g/mol. The van der Waals surface area contributed by atoms with Crippen molar-refractivity contribution in [3.8, 4) is 0 Å². The van der Waals surface area contributed by atoms with Crippen LogP contribution in [-0.4, -0.2) is 78.2 Å². The molecular formula is C16H33IN4O4. The topological polar surface area (TPSA) is 93.2 Å². The highest BCUT2D eigenvalue weighted by Gasteiger charge is 2.15. The zero-order chi connectivity index (χ0) is 17.5. The number of nitrogens with zero attached hydrogens (tertiary/aromatic N) is 1. The first-order valence-corrected chi connectivity index (χ1v) is 8.69. The number of carbonyl (C=O) groups excluding carboxylic acids is 1. The highest BCUT2D eigenvalue weighted by atomic mass is 127. The number of ether oxygens (including phenoxy) is 3. The summed E-state index contributed by atoms with van der Waals surface area (Å²) in [4.78, 5) is 15.9. The Kier molecular flexibility index (Phi) is 16.4. The number of methoxy groups -OCH3 is 1. The molecule has 0 saturated carbocycles. The van der Waals surface area contributed by atoms with Crippen molar-refractivity contribution < 1.29 is 19.0 Å². The summed E-state index contributed by atoms with van der Waals surface area (Å²) in [5, 5.41) is 9.05. The molecule has 0 radical (unpaired) electrons. The van der Waals surface area contributed by atoms with Crippen molar-refractivity contribution in [3.63, 3.8) is 0 Å². The van der Waals surface area contributed by atoms with E-state index in [1.807, 2.05) is 6.92 Å². The van der Waals surface area contributed by atoms with E-state index in [4.69, 9.17) is 14.2 Å². The Morgan fingerprint density at radius 1 is 1.24 bits per heavy atom. The normalized spacial score (nSPS) is 17.0. The van der Waals surface area contributed by atoms with Crippen molar-refractivity contribution in [2.45, 2.75) is 19.8 Å². The minimum atomic E-state index is -0.119. The van der Waals surface area contributed by atoms with Gasteiger partial charge >= 0.3 is 0 Å². The van der Waals surface area contributed by atoms with Gasteiger partial charge in [-0.2, -0.15) is 0 Å². The van der Waals surface area contributed by atoms with Gasteiger partial charge in [-0.1, -0.05) is 0 Å². The predicted octanol–water partition coefficient (Wildman–Crippen LogP) is 0.365. The lowest BCUT2D eigenvalue weighted by Crippen LogP contribution is -2.39. The van der Waals surface area contributed by atoms with Crippen LogP contribution in [0.25, 0.3) is 0 Å². The summed E-state index contributed by atoms with van der Waals surface area (Å²) in [5.74, 6) is 1.07. The van der Waals surface area contributed by atoms with E-state index in [0.717, 1.165) is 45.8 Å². The lowest BCUT2D eigenvalue weighted by atomic mass is 10.1. The number of amides is 1. The van der Waals surface area contributed by atoms with E-state index in [-0.39, 0.29) is 36.4 Å². The molecule has 1 aliphatic rings. The van der Waals surface area contributed by atoms with Crippen LogP contribution in [0, 0.1) is 5.92 Å². The van der Waals surface area contributed by atoms with Crippen molar-refractivity contribution in [3.05, 3.63) is 0 Å². The molecule has 0 spiro atoms. The molecule has 0 aliphatic carbocycles. The highest BCUT2D eigenvalue weighted by molar-refractivity contribution is 14.0. The quantitative estimate of drug-likeness (QED) is 0.165. The third-order valence-corrected chi connectivity index (χ3v) is 3.49. The van der Waals surface area contributed by atoms with Gasteiger partial charge in [0.1, 0.15) is 6.54 Å². The molecule has 1 amide bonds. The van der Waals surface area contributed by atoms with E-state index in [1.165, 1.54) is 0 Å². The third-order valence-electron chi connectivity index (χ3n) is 3.49. The van der Waals surface area contributed by atoms with Gasteiger partial charge in [0.25, 0.3) is 0 Å². The molecule has 1 fully saturated rings. The molecule has 0 bridgehead atoms. The van der Waals surface area contributed by atoms with Crippen LogP contribution < -0.4 is 16.0 Å². The molecule has 3 N–H and O–H groups in total. The first-order chi connectivity index (χ1) is 11.8. The van der Waals surface area contributed by atoms with Gasteiger partial charge in [0.05, 0.1) is 19.8 Å². The van der Waals surface area contributed by atoms with Crippen LogP contribution in [0.1, 0.15) is 19.8 Å². The largest absolute Gasteiger partial charge is 0.383 e. The standard InChI is InChI=1S/C16H32N4O4.HI/c1-3-17-16(20-11-15(21)18-7-10-22-2)19-6-4-8-23-12-14-5-9-24-13-14;/h14H,3-13H2,1-2H3,(H,18,21)(H2,17,19,20);1H. The summed E-state index contributed by atoms with van der Waals surface area (Å²) in [6, 6.07) is 0. The summed E-state index contributed by atoms with van der Waals surface area (Å²) < 4.78 is 15.9. The van der Waals surface area contributed by atoms with Crippen LogP contribution in [0.15, 0.2) is 4.99 Å². The number of hydrogen-bond donors (Lipinski definition) is 3. The molecule has 1 unspecified atom stereocenters. The van der Waals surface area contributed by atoms with Crippen molar-refractivity contribution in [1.29, 1.82) is 0 Å². The molecular weight excluding hydrogens is 439 g/mol. The fourth-order valence-corrected chi connectivity index (χ4v) is 2.19. The van der Waals surface area contributed by atoms with E-state index < -0.39 is 0 Å². The number of aliphatic imine (C=N–C) groups is 1. The maximum absolute atomic E-state index is 11.6.